The molecule has 4 heteroatoms. The van der Waals surface area contributed by atoms with Crippen molar-refractivity contribution in [3.63, 3.8) is 0 Å². The summed E-state index contributed by atoms with van der Waals surface area (Å²) in [7, 11) is 0. The third-order valence-electron chi connectivity index (χ3n) is 3.17. The lowest BCUT2D eigenvalue weighted by molar-refractivity contribution is -0.0300. The molecule has 0 heterocycles. The molecule has 0 atom stereocenters. The molecule has 3 nitrogen and oxygen atoms in total. The average molecular weight is 254 g/mol. The second-order valence-electron chi connectivity index (χ2n) is 4.78. The van der Waals surface area contributed by atoms with E-state index in [1.807, 2.05) is 6.92 Å². The van der Waals surface area contributed by atoms with Crippen molar-refractivity contribution in [2.75, 3.05) is 6.54 Å². The zero-order chi connectivity index (χ0) is 12.5. The first-order valence-electron chi connectivity index (χ1n) is 5.76. The largest absolute Gasteiger partial charge is 0.388 e. The van der Waals surface area contributed by atoms with Crippen LogP contribution in [0.25, 0.3) is 0 Å². The van der Waals surface area contributed by atoms with Gasteiger partial charge in [-0.25, -0.2) is 0 Å². The van der Waals surface area contributed by atoms with Crippen LogP contribution in [0.3, 0.4) is 0 Å². The molecule has 1 aliphatic carbocycles. The van der Waals surface area contributed by atoms with Crippen molar-refractivity contribution < 1.29 is 9.90 Å². The standard InChI is InChI=1S/C13H16ClNO2/c1-9-5-10(7-11(14)6-9)12(16)15-8-13(17)3-2-4-13/h5-7,17H,2-4,8H2,1H3,(H,15,16). The molecule has 1 aromatic carbocycles. The molecule has 0 saturated heterocycles. The summed E-state index contributed by atoms with van der Waals surface area (Å²) in [4.78, 5) is 11.9. The molecule has 2 rings (SSSR count). The number of aryl methyl sites for hydroxylation is 1. The second-order valence-corrected chi connectivity index (χ2v) is 5.21. The molecule has 0 unspecified atom stereocenters. The number of amides is 1. The number of benzene rings is 1. The lowest BCUT2D eigenvalue weighted by Gasteiger charge is -2.36. The Balaban J connectivity index is 1.99. The molecule has 1 aromatic rings. The second kappa shape index (κ2) is 4.67. The van der Waals surface area contributed by atoms with Crippen LogP contribution in [-0.4, -0.2) is 23.2 Å². The fourth-order valence-electron chi connectivity index (χ4n) is 1.98. The van der Waals surface area contributed by atoms with Gasteiger partial charge < -0.3 is 10.4 Å². The fraction of sp³-hybridized carbons (Fsp3) is 0.462. The number of carbonyl (C=O) groups is 1. The first kappa shape index (κ1) is 12.4. The Morgan fingerprint density at radius 2 is 2.18 bits per heavy atom. The van der Waals surface area contributed by atoms with Crippen molar-refractivity contribution in [2.45, 2.75) is 31.8 Å². The van der Waals surface area contributed by atoms with Gasteiger partial charge in [-0.15, -0.1) is 0 Å². The van der Waals surface area contributed by atoms with Gasteiger partial charge in [-0.3, -0.25) is 4.79 Å². The minimum Gasteiger partial charge on any atom is -0.388 e. The molecule has 0 bridgehead atoms. The van der Waals surface area contributed by atoms with Crippen molar-refractivity contribution >= 4 is 17.5 Å². The van der Waals surface area contributed by atoms with Gasteiger partial charge >= 0.3 is 0 Å². The van der Waals surface area contributed by atoms with Crippen LogP contribution < -0.4 is 5.32 Å². The number of nitrogens with one attached hydrogen (secondary N) is 1. The van der Waals surface area contributed by atoms with E-state index in [4.69, 9.17) is 11.6 Å². The Morgan fingerprint density at radius 3 is 2.71 bits per heavy atom. The summed E-state index contributed by atoms with van der Waals surface area (Å²) in [6.45, 7) is 2.21. The van der Waals surface area contributed by atoms with Crippen molar-refractivity contribution in [1.82, 2.24) is 5.32 Å². The lowest BCUT2D eigenvalue weighted by atomic mass is 9.80. The molecule has 1 saturated carbocycles. The summed E-state index contributed by atoms with van der Waals surface area (Å²) in [5, 5.41) is 13.2. The third-order valence-corrected chi connectivity index (χ3v) is 3.38. The average Bonchev–Trinajstić information content (AvgIpc) is 2.22. The molecule has 92 valence electrons. The molecular formula is C13H16ClNO2. The maximum absolute atomic E-state index is 11.9. The summed E-state index contributed by atoms with van der Waals surface area (Å²) >= 11 is 5.89. The van der Waals surface area contributed by atoms with E-state index in [0.717, 1.165) is 24.8 Å². The number of aliphatic hydroxyl groups is 1. The third kappa shape index (κ3) is 2.99. The van der Waals surface area contributed by atoms with Crippen LogP contribution in [0, 0.1) is 6.92 Å². The summed E-state index contributed by atoms with van der Waals surface area (Å²) in [5.41, 5.74) is 0.798. The van der Waals surface area contributed by atoms with E-state index in [9.17, 15) is 9.90 Å². The van der Waals surface area contributed by atoms with Crippen molar-refractivity contribution in [3.05, 3.63) is 34.3 Å². The summed E-state index contributed by atoms with van der Waals surface area (Å²) in [6, 6.07) is 5.22. The number of hydrogen-bond donors (Lipinski definition) is 2. The normalized spacial score (nSPS) is 17.4. The SMILES string of the molecule is Cc1cc(Cl)cc(C(=O)NCC2(O)CCC2)c1. The molecular weight excluding hydrogens is 238 g/mol. The van der Waals surface area contributed by atoms with Crippen LogP contribution in [-0.2, 0) is 0 Å². The molecule has 1 aliphatic rings. The van der Waals surface area contributed by atoms with Gasteiger partial charge in [-0.05, 0) is 49.9 Å². The van der Waals surface area contributed by atoms with Crippen LogP contribution in [0.1, 0.15) is 35.2 Å². The molecule has 0 aromatic heterocycles. The van der Waals surface area contributed by atoms with E-state index in [0.29, 0.717) is 17.1 Å². The Bertz CT molecular complexity index is 421. The van der Waals surface area contributed by atoms with Gasteiger partial charge in [0.1, 0.15) is 0 Å². The predicted octanol–water partition coefficient (Wildman–Crippen LogP) is 2.29. The zero-order valence-electron chi connectivity index (χ0n) is 9.79. The summed E-state index contributed by atoms with van der Waals surface area (Å²) in [6.07, 6.45) is 2.56. The van der Waals surface area contributed by atoms with E-state index in [1.54, 1.807) is 18.2 Å². The zero-order valence-corrected chi connectivity index (χ0v) is 10.5. The van der Waals surface area contributed by atoms with Gasteiger partial charge in [-0.1, -0.05) is 11.6 Å². The monoisotopic (exact) mass is 253 g/mol. The van der Waals surface area contributed by atoms with E-state index < -0.39 is 5.60 Å². The van der Waals surface area contributed by atoms with Crippen molar-refractivity contribution in [1.29, 1.82) is 0 Å². The van der Waals surface area contributed by atoms with Gasteiger partial charge in [0, 0.05) is 17.1 Å². The minimum atomic E-state index is -0.691. The Kier molecular flexibility index (Phi) is 3.40. The van der Waals surface area contributed by atoms with Gasteiger partial charge in [-0.2, -0.15) is 0 Å². The predicted molar refractivity (Wildman–Crippen MR) is 67.3 cm³/mol. The Labute approximate surface area is 106 Å². The van der Waals surface area contributed by atoms with E-state index in [-0.39, 0.29) is 5.91 Å². The molecule has 0 radical (unpaired) electrons. The van der Waals surface area contributed by atoms with Gasteiger partial charge in [0.15, 0.2) is 0 Å². The van der Waals surface area contributed by atoms with Crippen molar-refractivity contribution in [3.8, 4) is 0 Å². The smallest absolute Gasteiger partial charge is 0.251 e. The van der Waals surface area contributed by atoms with Crippen molar-refractivity contribution in [2.24, 2.45) is 0 Å². The highest BCUT2D eigenvalue weighted by Gasteiger charge is 2.34. The highest BCUT2D eigenvalue weighted by Crippen LogP contribution is 2.30. The highest BCUT2D eigenvalue weighted by atomic mass is 35.5. The van der Waals surface area contributed by atoms with Gasteiger partial charge in [0.25, 0.3) is 5.91 Å². The van der Waals surface area contributed by atoms with Crippen LogP contribution >= 0.6 is 11.6 Å². The molecule has 17 heavy (non-hydrogen) atoms. The number of rotatable bonds is 3. The summed E-state index contributed by atoms with van der Waals surface area (Å²) < 4.78 is 0. The van der Waals surface area contributed by atoms with E-state index >= 15 is 0 Å². The molecule has 1 amide bonds. The number of halogens is 1. The lowest BCUT2D eigenvalue weighted by Crippen LogP contribution is -2.47. The molecule has 0 aliphatic heterocycles. The first-order valence-corrected chi connectivity index (χ1v) is 6.14. The number of carbonyl (C=O) groups excluding carboxylic acids is 1. The minimum absolute atomic E-state index is 0.184. The van der Waals surface area contributed by atoms with Crippen LogP contribution in [0.2, 0.25) is 5.02 Å². The quantitative estimate of drug-likeness (QED) is 0.868. The van der Waals surface area contributed by atoms with Crippen LogP contribution in [0.5, 0.6) is 0 Å². The van der Waals surface area contributed by atoms with Gasteiger partial charge in [0.05, 0.1) is 5.60 Å². The molecule has 2 N–H and O–H groups in total. The highest BCUT2D eigenvalue weighted by molar-refractivity contribution is 6.31. The summed E-state index contributed by atoms with van der Waals surface area (Å²) in [5.74, 6) is -0.184. The van der Waals surface area contributed by atoms with Crippen LogP contribution in [0.15, 0.2) is 18.2 Å². The van der Waals surface area contributed by atoms with E-state index in [1.165, 1.54) is 0 Å². The Hall–Kier alpha value is -1.06. The maximum Gasteiger partial charge on any atom is 0.251 e. The number of hydrogen-bond acceptors (Lipinski definition) is 2. The Morgan fingerprint density at radius 1 is 1.47 bits per heavy atom. The van der Waals surface area contributed by atoms with E-state index in [2.05, 4.69) is 5.32 Å². The molecule has 0 spiro atoms. The molecule has 1 fully saturated rings. The van der Waals surface area contributed by atoms with Gasteiger partial charge in [0.2, 0.25) is 0 Å². The first-order chi connectivity index (χ1) is 7.98. The maximum atomic E-state index is 11.9. The topological polar surface area (TPSA) is 49.3 Å². The fourth-order valence-corrected chi connectivity index (χ4v) is 2.27. The van der Waals surface area contributed by atoms with Crippen LogP contribution in [0.4, 0.5) is 0 Å².